The normalized spacial score (nSPS) is 13.3. The van der Waals surface area contributed by atoms with Crippen molar-refractivity contribution >= 4 is 5.91 Å². The lowest BCUT2D eigenvalue weighted by Gasteiger charge is -2.18. The predicted octanol–water partition coefficient (Wildman–Crippen LogP) is 3.26. The highest BCUT2D eigenvalue weighted by atomic mass is 16.3. The van der Waals surface area contributed by atoms with Gasteiger partial charge in [-0.05, 0) is 60.5 Å². The molecule has 0 fully saturated rings. The summed E-state index contributed by atoms with van der Waals surface area (Å²) in [5, 5.41) is 24.6. The zero-order chi connectivity index (χ0) is 21.1. The number of carbonyl (C=O) groups excluding carboxylic acids is 1. The van der Waals surface area contributed by atoms with E-state index >= 15 is 0 Å². The predicted molar refractivity (Wildman–Crippen MR) is 112 cm³/mol. The molecular formula is C22H27N5O2. The molecule has 0 aliphatic carbocycles. The molecule has 0 bridgehead atoms. The first kappa shape index (κ1) is 20.7. The van der Waals surface area contributed by atoms with Gasteiger partial charge in [-0.2, -0.15) is 4.68 Å². The first-order valence-corrected chi connectivity index (χ1v) is 9.76. The smallest absolute Gasteiger partial charge is 0.251 e. The molecule has 3 aromatic rings. The minimum Gasteiger partial charge on any atom is -0.391 e. The fourth-order valence-electron chi connectivity index (χ4n) is 2.93. The summed E-state index contributed by atoms with van der Waals surface area (Å²) in [4.78, 5) is 12.9. The number of aryl methyl sites for hydroxylation is 1. The Morgan fingerprint density at radius 2 is 1.72 bits per heavy atom. The molecule has 3 rings (SSSR count). The fourth-order valence-corrected chi connectivity index (χ4v) is 2.93. The van der Waals surface area contributed by atoms with Crippen LogP contribution in [0.1, 0.15) is 55.4 Å². The third-order valence-electron chi connectivity index (χ3n) is 4.90. The second kappa shape index (κ2) is 8.53. The number of carbonyl (C=O) groups is 1. The molecule has 0 spiro atoms. The summed E-state index contributed by atoms with van der Waals surface area (Å²) in [7, 11) is 0. The number of nitrogens with zero attached hydrogens (tertiary/aromatic N) is 4. The van der Waals surface area contributed by atoms with Crippen LogP contribution in [0.3, 0.4) is 0 Å². The quantitative estimate of drug-likeness (QED) is 0.670. The number of amides is 1. The summed E-state index contributed by atoms with van der Waals surface area (Å²) in [5.74, 6) is 0.586. The second-order valence-corrected chi connectivity index (χ2v) is 7.74. The molecule has 0 radical (unpaired) electrons. The van der Waals surface area contributed by atoms with Crippen molar-refractivity contribution in [2.24, 2.45) is 0 Å². The second-order valence-electron chi connectivity index (χ2n) is 7.74. The largest absolute Gasteiger partial charge is 0.391 e. The summed E-state index contributed by atoms with van der Waals surface area (Å²) < 4.78 is 1.66. The van der Waals surface area contributed by atoms with Crippen molar-refractivity contribution in [3.63, 3.8) is 0 Å². The van der Waals surface area contributed by atoms with Crippen LogP contribution in [0.4, 0.5) is 0 Å². The van der Waals surface area contributed by atoms with Crippen LogP contribution in [0.5, 0.6) is 0 Å². The van der Waals surface area contributed by atoms with Gasteiger partial charge in [-0.25, -0.2) is 0 Å². The lowest BCUT2D eigenvalue weighted by Crippen LogP contribution is -2.39. The van der Waals surface area contributed by atoms with Crippen molar-refractivity contribution in [1.29, 1.82) is 0 Å². The van der Waals surface area contributed by atoms with Crippen molar-refractivity contribution in [1.82, 2.24) is 25.5 Å². The molecule has 0 aliphatic rings. The monoisotopic (exact) mass is 393 g/mol. The van der Waals surface area contributed by atoms with Crippen molar-refractivity contribution in [3.05, 3.63) is 59.4 Å². The highest BCUT2D eigenvalue weighted by molar-refractivity contribution is 5.96. The minimum atomic E-state index is -0.647. The van der Waals surface area contributed by atoms with E-state index in [0.717, 1.165) is 22.5 Å². The van der Waals surface area contributed by atoms with Gasteiger partial charge in [0.25, 0.3) is 5.91 Å². The van der Waals surface area contributed by atoms with E-state index in [1.54, 1.807) is 24.6 Å². The van der Waals surface area contributed by atoms with Gasteiger partial charge >= 0.3 is 0 Å². The zero-order valence-electron chi connectivity index (χ0n) is 17.4. The first-order chi connectivity index (χ1) is 13.8. The topological polar surface area (TPSA) is 92.9 Å². The Kier molecular flexibility index (Phi) is 6.08. The van der Waals surface area contributed by atoms with Gasteiger partial charge in [-0.1, -0.05) is 43.7 Å². The van der Waals surface area contributed by atoms with E-state index in [-0.39, 0.29) is 17.9 Å². The minimum absolute atomic E-state index is 0.126. The summed E-state index contributed by atoms with van der Waals surface area (Å²) in [6.45, 7) is 9.49. The van der Waals surface area contributed by atoms with Crippen LogP contribution in [0.15, 0.2) is 42.5 Å². The molecule has 2 atom stereocenters. The molecule has 2 aromatic carbocycles. The SMILES string of the molecule is Cc1ccc(-c2cc(C(=O)NC(C)[C@H](C)O)cc(-n3nnnc3C(C)C)c2)cc1. The van der Waals surface area contributed by atoms with Gasteiger partial charge in [0.1, 0.15) is 0 Å². The Bertz CT molecular complexity index is 993. The number of nitrogens with one attached hydrogen (secondary N) is 1. The summed E-state index contributed by atoms with van der Waals surface area (Å²) in [6, 6.07) is 13.3. The number of benzene rings is 2. The van der Waals surface area contributed by atoms with E-state index in [1.165, 1.54) is 0 Å². The lowest BCUT2D eigenvalue weighted by molar-refractivity contribution is 0.0874. The molecule has 7 nitrogen and oxygen atoms in total. The maximum absolute atomic E-state index is 12.9. The molecule has 0 saturated heterocycles. The van der Waals surface area contributed by atoms with Crippen LogP contribution in [0, 0.1) is 6.92 Å². The molecule has 1 aromatic heterocycles. The first-order valence-electron chi connectivity index (χ1n) is 9.76. The van der Waals surface area contributed by atoms with Crippen LogP contribution >= 0.6 is 0 Å². The number of rotatable bonds is 6. The Balaban J connectivity index is 2.10. The summed E-state index contributed by atoms with van der Waals surface area (Å²) in [6.07, 6.45) is -0.647. The average molecular weight is 393 g/mol. The number of aromatic nitrogens is 4. The molecule has 7 heteroatoms. The molecule has 29 heavy (non-hydrogen) atoms. The van der Waals surface area contributed by atoms with E-state index < -0.39 is 6.10 Å². The molecule has 152 valence electrons. The highest BCUT2D eigenvalue weighted by Gasteiger charge is 2.18. The Hall–Kier alpha value is -3.06. The third kappa shape index (κ3) is 4.68. The van der Waals surface area contributed by atoms with Gasteiger partial charge < -0.3 is 10.4 Å². The Labute approximate surface area is 170 Å². The zero-order valence-corrected chi connectivity index (χ0v) is 17.4. The number of aliphatic hydroxyl groups is 1. The van der Waals surface area contributed by atoms with Crippen LogP contribution in [0.25, 0.3) is 16.8 Å². The van der Waals surface area contributed by atoms with Crippen LogP contribution < -0.4 is 5.32 Å². The average Bonchev–Trinajstić information content (AvgIpc) is 3.18. The van der Waals surface area contributed by atoms with Gasteiger partial charge in [-0.3, -0.25) is 4.79 Å². The van der Waals surface area contributed by atoms with Gasteiger partial charge in [0.05, 0.1) is 17.8 Å². The molecule has 1 amide bonds. The van der Waals surface area contributed by atoms with Gasteiger partial charge in [-0.15, -0.1) is 5.10 Å². The number of hydrogen-bond acceptors (Lipinski definition) is 5. The van der Waals surface area contributed by atoms with E-state index in [2.05, 4.69) is 20.8 Å². The highest BCUT2D eigenvalue weighted by Crippen LogP contribution is 2.26. The Morgan fingerprint density at radius 1 is 1.03 bits per heavy atom. The summed E-state index contributed by atoms with van der Waals surface area (Å²) in [5.41, 5.74) is 4.25. The van der Waals surface area contributed by atoms with E-state index in [0.29, 0.717) is 11.3 Å². The van der Waals surface area contributed by atoms with E-state index in [1.807, 2.05) is 57.2 Å². The number of aliphatic hydroxyl groups excluding tert-OH is 1. The molecule has 1 unspecified atom stereocenters. The molecule has 2 N–H and O–H groups in total. The van der Waals surface area contributed by atoms with Gasteiger partial charge in [0.2, 0.25) is 0 Å². The fraction of sp³-hybridized carbons (Fsp3) is 0.364. The standard InChI is InChI=1S/C22H27N5O2/c1-13(2)21-24-25-26-27(21)20-11-18(17-8-6-14(3)7-9-17)10-19(12-20)22(29)23-15(4)16(5)28/h6-13,15-16,28H,1-5H3,(H,23,29)/t15?,16-/m0/s1. The molecular weight excluding hydrogens is 366 g/mol. The maximum atomic E-state index is 12.9. The Morgan fingerprint density at radius 3 is 2.34 bits per heavy atom. The molecule has 0 saturated carbocycles. The molecule has 1 heterocycles. The van der Waals surface area contributed by atoms with Crippen molar-refractivity contribution < 1.29 is 9.90 Å². The number of tetrazole rings is 1. The maximum Gasteiger partial charge on any atom is 0.251 e. The van der Waals surface area contributed by atoms with Crippen molar-refractivity contribution in [2.45, 2.75) is 52.7 Å². The van der Waals surface area contributed by atoms with Crippen molar-refractivity contribution in [3.8, 4) is 16.8 Å². The molecule has 0 aliphatic heterocycles. The van der Waals surface area contributed by atoms with Crippen LogP contribution in [-0.2, 0) is 0 Å². The van der Waals surface area contributed by atoms with Crippen LogP contribution in [0.2, 0.25) is 0 Å². The third-order valence-corrected chi connectivity index (χ3v) is 4.90. The lowest BCUT2D eigenvalue weighted by atomic mass is 10.00. The summed E-state index contributed by atoms with van der Waals surface area (Å²) >= 11 is 0. The van der Waals surface area contributed by atoms with Crippen molar-refractivity contribution in [2.75, 3.05) is 0 Å². The van der Waals surface area contributed by atoms with Crippen LogP contribution in [-0.4, -0.2) is 43.4 Å². The van der Waals surface area contributed by atoms with Gasteiger partial charge in [0, 0.05) is 11.5 Å². The van der Waals surface area contributed by atoms with E-state index in [9.17, 15) is 9.90 Å². The number of hydrogen-bond donors (Lipinski definition) is 2. The van der Waals surface area contributed by atoms with E-state index in [4.69, 9.17) is 0 Å². The van der Waals surface area contributed by atoms with Gasteiger partial charge in [0.15, 0.2) is 5.82 Å².